The molecule has 0 N–H and O–H groups in total. The van der Waals surface area contributed by atoms with Crippen LogP contribution in [0.15, 0.2) is 60.7 Å². The van der Waals surface area contributed by atoms with E-state index in [-0.39, 0.29) is 0 Å². The van der Waals surface area contributed by atoms with Crippen LogP contribution < -0.4 is 0 Å². The van der Waals surface area contributed by atoms with E-state index in [2.05, 4.69) is 12.1 Å². The van der Waals surface area contributed by atoms with Crippen LogP contribution in [-0.4, -0.2) is 6.61 Å². The smallest absolute Gasteiger partial charge is 0.377 e. The van der Waals surface area contributed by atoms with E-state index in [0.717, 1.165) is 43.6 Å². The summed E-state index contributed by atoms with van der Waals surface area (Å²) in [6, 6.07) is 15.5. The number of unbranched alkanes of at least 4 members (excludes halogenated alkanes) is 6. The van der Waals surface area contributed by atoms with E-state index in [9.17, 15) is 13.2 Å². The Morgan fingerprint density at radius 1 is 0.750 bits per heavy atom. The van der Waals surface area contributed by atoms with Crippen LogP contribution >= 0.6 is 0 Å². The fourth-order valence-electron chi connectivity index (χ4n) is 2.94. The van der Waals surface area contributed by atoms with E-state index < -0.39 is 11.7 Å². The number of ether oxygens (including phenoxy) is 1. The van der Waals surface area contributed by atoms with E-state index in [4.69, 9.17) is 4.74 Å². The standard InChI is InChI=1S/C24H29F3O/c25-24(26,27)23-17-15-21(16-18-23)12-8-5-3-1-2-4-6-11-19-28-20-22-13-9-7-10-14-22/h7-10,12-18H,1-6,11,19-20H2. The number of hydrogen-bond acceptors (Lipinski definition) is 1. The average molecular weight is 390 g/mol. The van der Waals surface area contributed by atoms with Gasteiger partial charge in [0, 0.05) is 6.61 Å². The second-order valence-corrected chi connectivity index (χ2v) is 6.97. The summed E-state index contributed by atoms with van der Waals surface area (Å²) in [5, 5.41) is 0. The Labute approximate surface area is 166 Å². The monoisotopic (exact) mass is 390 g/mol. The third kappa shape index (κ3) is 9.23. The Hall–Kier alpha value is -2.07. The SMILES string of the molecule is FC(F)(F)c1ccc(C=CCCCCCCCCOCc2ccccc2)cc1. The zero-order chi connectivity index (χ0) is 20.1. The van der Waals surface area contributed by atoms with Crippen molar-refractivity contribution in [2.24, 2.45) is 0 Å². The maximum Gasteiger partial charge on any atom is 0.416 e. The van der Waals surface area contributed by atoms with Gasteiger partial charge in [0.2, 0.25) is 0 Å². The van der Waals surface area contributed by atoms with E-state index in [1.165, 1.54) is 43.4 Å². The normalized spacial score (nSPS) is 12.0. The van der Waals surface area contributed by atoms with Crippen molar-refractivity contribution in [3.8, 4) is 0 Å². The van der Waals surface area contributed by atoms with Crippen molar-refractivity contribution in [2.75, 3.05) is 6.61 Å². The number of hydrogen-bond donors (Lipinski definition) is 0. The lowest BCUT2D eigenvalue weighted by Crippen LogP contribution is -2.03. The number of alkyl halides is 3. The first-order valence-corrected chi connectivity index (χ1v) is 10.0. The van der Waals surface area contributed by atoms with Gasteiger partial charge in [-0.05, 0) is 42.5 Å². The van der Waals surface area contributed by atoms with Crippen molar-refractivity contribution in [1.29, 1.82) is 0 Å². The summed E-state index contributed by atoms with van der Waals surface area (Å²) in [6.07, 6.45) is 7.65. The molecule has 0 aromatic heterocycles. The molecule has 0 aliphatic carbocycles. The van der Waals surface area contributed by atoms with Crippen molar-refractivity contribution in [1.82, 2.24) is 0 Å². The van der Waals surface area contributed by atoms with Crippen molar-refractivity contribution < 1.29 is 17.9 Å². The van der Waals surface area contributed by atoms with E-state index in [1.54, 1.807) is 0 Å². The highest BCUT2D eigenvalue weighted by molar-refractivity contribution is 5.49. The molecule has 1 nitrogen and oxygen atoms in total. The summed E-state index contributed by atoms with van der Waals surface area (Å²) >= 11 is 0. The minimum atomic E-state index is -4.27. The zero-order valence-electron chi connectivity index (χ0n) is 16.3. The first-order chi connectivity index (χ1) is 13.6. The number of allylic oxidation sites excluding steroid dienone is 1. The van der Waals surface area contributed by atoms with Crippen LogP contribution in [0.1, 0.15) is 61.6 Å². The predicted octanol–water partition coefficient (Wildman–Crippen LogP) is 7.67. The second-order valence-electron chi connectivity index (χ2n) is 6.97. The molecule has 0 spiro atoms. The van der Waals surface area contributed by atoms with Crippen LogP contribution in [0.4, 0.5) is 13.2 Å². The first kappa shape index (κ1) is 22.2. The van der Waals surface area contributed by atoms with Crippen molar-refractivity contribution in [3.63, 3.8) is 0 Å². The molecule has 0 bridgehead atoms. The lowest BCUT2D eigenvalue weighted by atomic mass is 10.1. The molecule has 0 aliphatic heterocycles. The molecule has 0 fully saturated rings. The van der Waals surface area contributed by atoms with E-state index in [0.29, 0.717) is 6.61 Å². The Morgan fingerprint density at radius 3 is 2.07 bits per heavy atom. The van der Waals surface area contributed by atoms with Crippen LogP contribution in [-0.2, 0) is 17.5 Å². The summed E-state index contributed by atoms with van der Waals surface area (Å²) in [5.74, 6) is 0. The second kappa shape index (κ2) is 12.4. The molecule has 0 saturated heterocycles. The molecule has 4 heteroatoms. The fourth-order valence-corrected chi connectivity index (χ4v) is 2.94. The molecule has 0 saturated carbocycles. The largest absolute Gasteiger partial charge is 0.416 e. The van der Waals surface area contributed by atoms with E-state index >= 15 is 0 Å². The van der Waals surface area contributed by atoms with Crippen molar-refractivity contribution in [3.05, 3.63) is 77.4 Å². The highest BCUT2D eigenvalue weighted by Gasteiger charge is 2.29. The zero-order valence-corrected chi connectivity index (χ0v) is 16.3. The van der Waals surface area contributed by atoms with E-state index in [1.807, 2.05) is 30.4 Å². The molecule has 0 unspecified atom stereocenters. The third-order valence-electron chi connectivity index (χ3n) is 4.57. The summed E-state index contributed by atoms with van der Waals surface area (Å²) in [4.78, 5) is 0. The van der Waals surface area contributed by atoms with Crippen LogP contribution in [0.25, 0.3) is 6.08 Å². The summed E-state index contributed by atoms with van der Waals surface area (Å²) in [5.41, 5.74) is 1.42. The van der Waals surface area contributed by atoms with Crippen LogP contribution in [0.5, 0.6) is 0 Å². The van der Waals surface area contributed by atoms with Gasteiger partial charge in [0.15, 0.2) is 0 Å². The molecular formula is C24H29F3O. The van der Waals surface area contributed by atoms with Crippen LogP contribution in [0, 0.1) is 0 Å². The van der Waals surface area contributed by atoms with Gasteiger partial charge in [0.25, 0.3) is 0 Å². The minimum absolute atomic E-state index is 0.602. The number of halogens is 3. The van der Waals surface area contributed by atoms with Gasteiger partial charge >= 0.3 is 6.18 Å². The predicted molar refractivity (Wildman–Crippen MR) is 109 cm³/mol. The molecule has 2 aromatic rings. The third-order valence-corrected chi connectivity index (χ3v) is 4.57. The molecule has 2 aromatic carbocycles. The van der Waals surface area contributed by atoms with Crippen LogP contribution in [0.2, 0.25) is 0 Å². The topological polar surface area (TPSA) is 9.23 Å². The molecular weight excluding hydrogens is 361 g/mol. The molecule has 0 aliphatic rings. The maximum atomic E-state index is 12.5. The van der Waals surface area contributed by atoms with Crippen LogP contribution in [0.3, 0.4) is 0 Å². The van der Waals surface area contributed by atoms with Gasteiger partial charge in [-0.25, -0.2) is 0 Å². The van der Waals surface area contributed by atoms with Gasteiger partial charge in [-0.2, -0.15) is 13.2 Å². The lowest BCUT2D eigenvalue weighted by molar-refractivity contribution is -0.137. The molecule has 28 heavy (non-hydrogen) atoms. The minimum Gasteiger partial charge on any atom is -0.377 e. The Kier molecular flexibility index (Phi) is 9.84. The molecule has 0 amide bonds. The molecule has 0 heterocycles. The Morgan fingerprint density at radius 2 is 1.39 bits per heavy atom. The van der Waals surface area contributed by atoms with Gasteiger partial charge in [-0.1, -0.05) is 80.3 Å². The maximum absolute atomic E-state index is 12.5. The average Bonchev–Trinajstić information content (AvgIpc) is 2.69. The Bertz CT molecular complexity index is 675. The van der Waals surface area contributed by atoms with Crippen molar-refractivity contribution >= 4 is 6.08 Å². The first-order valence-electron chi connectivity index (χ1n) is 10.0. The number of benzene rings is 2. The molecule has 2 rings (SSSR count). The number of rotatable bonds is 12. The fraction of sp³-hybridized carbons (Fsp3) is 0.417. The van der Waals surface area contributed by atoms with Gasteiger partial charge in [0.1, 0.15) is 0 Å². The van der Waals surface area contributed by atoms with Gasteiger partial charge in [0.05, 0.1) is 12.2 Å². The van der Waals surface area contributed by atoms with Gasteiger partial charge < -0.3 is 4.74 Å². The quantitative estimate of drug-likeness (QED) is 0.338. The van der Waals surface area contributed by atoms with Crippen molar-refractivity contribution in [2.45, 2.75) is 57.7 Å². The highest BCUT2D eigenvalue weighted by atomic mass is 19.4. The highest BCUT2D eigenvalue weighted by Crippen LogP contribution is 2.29. The summed E-state index contributed by atoms with van der Waals surface area (Å²) in [7, 11) is 0. The molecule has 0 atom stereocenters. The lowest BCUT2D eigenvalue weighted by Gasteiger charge is -2.06. The summed E-state index contributed by atoms with van der Waals surface area (Å²) < 4.78 is 43.2. The molecule has 152 valence electrons. The molecule has 0 radical (unpaired) electrons. The van der Waals surface area contributed by atoms with Gasteiger partial charge in [-0.3, -0.25) is 0 Å². The van der Waals surface area contributed by atoms with Gasteiger partial charge in [-0.15, -0.1) is 0 Å². The Balaban J connectivity index is 1.43. The summed E-state index contributed by atoms with van der Waals surface area (Å²) in [6.45, 7) is 1.50.